The highest BCUT2D eigenvalue weighted by Crippen LogP contribution is 2.40. The Bertz CT molecular complexity index is 3050. The van der Waals surface area contributed by atoms with E-state index in [2.05, 4.69) is 93.1 Å². The van der Waals surface area contributed by atoms with Crippen LogP contribution in [0.2, 0.25) is 0 Å². The zero-order valence-electron chi connectivity index (χ0n) is 59.1. The minimum Gasteiger partial charge on any atom is -0.508 e. The van der Waals surface area contributed by atoms with Gasteiger partial charge >= 0.3 is 6.01 Å². The summed E-state index contributed by atoms with van der Waals surface area (Å²) in [5.74, 6) is 4.91. The van der Waals surface area contributed by atoms with Crippen LogP contribution in [0.25, 0.3) is 32.9 Å². The number of aldehydes is 1. The Balaban J connectivity index is 0.000000342. The molecule has 16 heteroatoms. The summed E-state index contributed by atoms with van der Waals surface area (Å²) >= 11 is 0. The van der Waals surface area contributed by atoms with Crippen LogP contribution in [0.4, 0.5) is 20.3 Å². The first-order valence-corrected chi connectivity index (χ1v) is 34.7. The van der Waals surface area contributed by atoms with E-state index in [0.717, 1.165) is 62.2 Å². The molecule has 0 aliphatic carbocycles. The van der Waals surface area contributed by atoms with Gasteiger partial charge in [0.05, 0.1) is 25.2 Å². The van der Waals surface area contributed by atoms with E-state index >= 15 is 4.39 Å². The van der Waals surface area contributed by atoms with Gasteiger partial charge in [-0.25, -0.2) is 8.78 Å². The van der Waals surface area contributed by atoms with Crippen LogP contribution in [-0.4, -0.2) is 127 Å². The number of nitrogens with zero attached hydrogens (tertiary/aromatic N) is 7. The Labute approximate surface area is 552 Å². The normalized spacial score (nSPS) is 16.8. The molecule has 4 aliphatic heterocycles. The Morgan fingerprint density at radius 1 is 0.837 bits per heavy atom. The van der Waals surface area contributed by atoms with Crippen LogP contribution in [0.15, 0.2) is 48.7 Å². The predicted molar refractivity (Wildman–Crippen MR) is 376 cm³/mol. The van der Waals surface area contributed by atoms with Crippen molar-refractivity contribution in [3.8, 4) is 35.4 Å². The second-order valence-corrected chi connectivity index (χ2v) is 24.9. The van der Waals surface area contributed by atoms with Gasteiger partial charge < -0.3 is 39.0 Å². The smallest absolute Gasteiger partial charge is 0.318 e. The SMILES string of the molecule is C#Cc1c(F)ccc2cc(O)cc(-c3ncc4c(N5CCCC(C)C5)nc(OC)nc4c3F)c12.C1CC2CCCN2C1.CC.CC.CCC(C)C(=O)C(C)CCC=O.CCCC(CCC(C)CC)CN1CCC(c2ccc(C)c(N(C)C(=O)CC)c2)CC1.COC=O. The number of phenols is 1. The Morgan fingerprint density at radius 3 is 2.07 bits per heavy atom. The number of likely N-dealkylation sites (tertiary alicyclic amines) is 1. The van der Waals surface area contributed by atoms with Gasteiger partial charge in [0.1, 0.15) is 40.7 Å². The number of halogens is 2. The summed E-state index contributed by atoms with van der Waals surface area (Å²) in [6, 6.07) is 13.3. The Morgan fingerprint density at radius 2 is 1.50 bits per heavy atom. The van der Waals surface area contributed by atoms with Gasteiger partial charge in [-0.15, -0.1) is 6.42 Å². The van der Waals surface area contributed by atoms with Crippen molar-refractivity contribution in [2.45, 2.75) is 211 Å². The topological polar surface area (TPSA) is 159 Å². The largest absolute Gasteiger partial charge is 0.508 e. The third-order valence-corrected chi connectivity index (χ3v) is 18.4. The van der Waals surface area contributed by atoms with Gasteiger partial charge in [0.25, 0.3) is 6.47 Å². The molecular formula is C76H115F2N7O7. The maximum atomic E-state index is 16.0. The third-order valence-electron chi connectivity index (χ3n) is 18.4. The number of hydrogen-bond acceptors (Lipinski definition) is 13. The highest BCUT2D eigenvalue weighted by atomic mass is 19.1. The lowest BCUT2D eigenvalue weighted by molar-refractivity contribution is -0.127. The lowest BCUT2D eigenvalue weighted by Crippen LogP contribution is -2.36. The first-order valence-electron chi connectivity index (χ1n) is 34.7. The summed E-state index contributed by atoms with van der Waals surface area (Å²) in [5.41, 5.74) is 3.74. The molecule has 2 aromatic heterocycles. The molecule has 92 heavy (non-hydrogen) atoms. The van der Waals surface area contributed by atoms with Gasteiger partial charge in [-0.3, -0.25) is 19.4 Å². The quantitative estimate of drug-likeness (QED) is 0.0547. The first-order chi connectivity index (χ1) is 44.3. The molecule has 5 unspecified atom stereocenters. The molecule has 0 spiro atoms. The van der Waals surface area contributed by atoms with Crippen molar-refractivity contribution in [3.05, 3.63) is 77.0 Å². The summed E-state index contributed by atoms with van der Waals surface area (Å²) in [4.78, 5) is 65.1. The molecule has 5 atom stereocenters. The molecule has 3 aromatic carbocycles. The van der Waals surface area contributed by atoms with Gasteiger partial charge in [0, 0.05) is 80.2 Å². The number of carbonyl (C=O) groups is 4. The number of aryl methyl sites for hydroxylation is 1. The van der Waals surface area contributed by atoms with Crippen LogP contribution in [0.5, 0.6) is 11.8 Å². The van der Waals surface area contributed by atoms with E-state index in [4.69, 9.17) is 16.0 Å². The molecule has 0 saturated carbocycles. The molecular weight excluding hydrogens is 1160 g/mol. The van der Waals surface area contributed by atoms with Crippen LogP contribution < -0.4 is 14.5 Å². The molecule has 4 aliphatic rings. The second-order valence-electron chi connectivity index (χ2n) is 24.9. The van der Waals surface area contributed by atoms with Crippen LogP contribution in [0.3, 0.4) is 0 Å². The fraction of sp³-hybridized carbons (Fsp3) is 0.618. The summed E-state index contributed by atoms with van der Waals surface area (Å²) in [6.45, 7) is 35.5. The molecule has 0 radical (unpaired) electrons. The minimum atomic E-state index is -0.733. The van der Waals surface area contributed by atoms with E-state index in [0.29, 0.717) is 59.9 Å². The number of aromatic hydroxyl groups is 1. The summed E-state index contributed by atoms with van der Waals surface area (Å²) in [6.07, 6.45) is 27.8. The molecule has 6 heterocycles. The van der Waals surface area contributed by atoms with E-state index in [-0.39, 0.29) is 57.2 Å². The highest BCUT2D eigenvalue weighted by Gasteiger charge is 2.29. The van der Waals surface area contributed by atoms with Crippen molar-refractivity contribution < 1.29 is 42.5 Å². The monoisotopic (exact) mass is 1280 g/mol. The van der Waals surface area contributed by atoms with Crippen molar-refractivity contribution >= 4 is 57.6 Å². The van der Waals surface area contributed by atoms with E-state index in [1.807, 2.05) is 67.3 Å². The van der Waals surface area contributed by atoms with Crippen molar-refractivity contribution in [3.63, 3.8) is 0 Å². The number of terminal acetylenes is 1. The fourth-order valence-electron chi connectivity index (χ4n) is 12.8. The number of fused-ring (bicyclic) bond motifs is 3. The van der Waals surface area contributed by atoms with Gasteiger partial charge in [-0.1, -0.05) is 126 Å². The lowest BCUT2D eigenvalue weighted by atomic mass is 9.87. The summed E-state index contributed by atoms with van der Waals surface area (Å²) in [7, 11) is 4.65. The molecule has 510 valence electrons. The fourth-order valence-corrected chi connectivity index (χ4v) is 12.8. The van der Waals surface area contributed by atoms with Crippen LogP contribution in [0, 0.1) is 60.5 Å². The number of pyridine rings is 1. The first kappa shape index (κ1) is 79.7. The number of methoxy groups -OCH3 is 2. The lowest BCUT2D eigenvalue weighted by Gasteiger charge is -2.35. The van der Waals surface area contributed by atoms with Gasteiger partial charge in [-0.05, 0) is 175 Å². The second kappa shape index (κ2) is 42.6. The van der Waals surface area contributed by atoms with Crippen molar-refractivity contribution in [2.24, 2.45) is 29.6 Å². The van der Waals surface area contributed by atoms with Crippen LogP contribution in [0.1, 0.15) is 215 Å². The maximum absolute atomic E-state index is 16.0. The maximum Gasteiger partial charge on any atom is 0.318 e. The number of carbonyl (C=O) groups excluding carboxylic acids is 4. The number of piperidine rings is 2. The number of ketones is 1. The zero-order valence-corrected chi connectivity index (χ0v) is 59.1. The number of aromatic nitrogens is 3. The minimum absolute atomic E-state index is 0.0280. The molecule has 4 saturated heterocycles. The number of rotatable bonds is 21. The number of benzene rings is 3. The van der Waals surface area contributed by atoms with E-state index < -0.39 is 11.6 Å². The van der Waals surface area contributed by atoms with E-state index in [9.17, 15) is 23.9 Å². The van der Waals surface area contributed by atoms with Gasteiger partial charge in [0.2, 0.25) is 5.91 Å². The number of anilines is 2. The zero-order chi connectivity index (χ0) is 68.5. The standard InChI is InChI=1S/C27H46N2O.C26H22F2N4O2.C10H18O2.C7H13N.C2H4O2.2C2H6/c1-7-10-23(13-11-21(4)8-2)20-29-17-15-24(16-18-29)25-14-12-22(5)26(19-25)28(6)27(30)9-3;1-4-17-20(27)8-7-15-10-16(33)11-18(21(15)17)23-22(28)24-19(12-29-23)25(31-26(30-24)34-3)32-9-5-6-14(2)13-32;1-4-8(2)10(12)9(3)6-5-7-11;1-3-7-4-2-6-8(7)5-1;1-4-2-3;2*1-2/h12,14,19,21,23-24H,7-11,13,15-18,20H2,1-6H3;1,7-8,10-12,14,33H,5-6,9,13H2,2-3H3;7-9H,4-6H2,1-3H3;7H,1-6H2;2H,1H3;2*1-2H3. The molecule has 14 nitrogen and oxygen atoms in total. The highest BCUT2D eigenvalue weighted by molar-refractivity contribution is 6.03. The van der Waals surface area contributed by atoms with Crippen LogP contribution >= 0.6 is 0 Å². The molecule has 4 fully saturated rings. The predicted octanol–water partition coefficient (Wildman–Crippen LogP) is 17.1. The van der Waals surface area contributed by atoms with Gasteiger partial charge in [-0.2, -0.15) is 9.97 Å². The third kappa shape index (κ3) is 23.5. The molecule has 9 rings (SSSR count). The Hall–Kier alpha value is -6.57. The number of amides is 1. The van der Waals surface area contributed by atoms with Crippen molar-refractivity contribution in [1.29, 1.82) is 0 Å². The number of hydrogen-bond donors (Lipinski definition) is 1. The van der Waals surface area contributed by atoms with E-state index in [1.54, 1.807) is 0 Å². The Kier molecular flexibility index (Phi) is 36.9. The average Bonchev–Trinajstić information content (AvgIpc) is 0.844. The van der Waals surface area contributed by atoms with E-state index in [1.165, 1.54) is 159 Å². The number of phenolic OH excluding ortho intramolecular Hbond substituents is 1. The summed E-state index contributed by atoms with van der Waals surface area (Å²) in [5, 5.41) is 11.5. The summed E-state index contributed by atoms with van der Waals surface area (Å²) < 4.78 is 39.7. The van der Waals surface area contributed by atoms with Crippen molar-refractivity contribution in [1.82, 2.24) is 24.8 Å². The number of ether oxygens (including phenoxy) is 2. The molecule has 1 amide bonds. The molecule has 1 N–H and O–H groups in total. The molecule has 5 aromatic rings. The van der Waals surface area contributed by atoms with Crippen LogP contribution in [-0.2, 0) is 23.9 Å². The average molecular weight is 1280 g/mol. The van der Waals surface area contributed by atoms with Gasteiger partial charge in [0.15, 0.2) is 5.82 Å². The number of Topliss-reactive ketones (excluding diaryl/α,β-unsaturated/α-hetero) is 1. The molecule has 0 bridgehead atoms. The van der Waals surface area contributed by atoms with Crippen molar-refractivity contribution in [2.75, 3.05) is 76.9 Å².